The highest BCUT2D eigenvalue weighted by molar-refractivity contribution is 5.90. The number of carbonyl (C=O) groups excluding carboxylic acids is 1. The number of anilines is 1. The van der Waals surface area contributed by atoms with E-state index in [2.05, 4.69) is 10.2 Å². The van der Waals surface area contributed by atoms with Crippen molar-refractivity contribution in [3.63, 3.8) is 0 Å². The number of nitrogens with one attached hydrogen (secondary N) is 1. The van der Waals surface area contributed by atoms with E-state index in [9.17, 15) is 9.90 Å². The maximum Gasteiger partial charge on any atom is 0.221 e. The molecule has 1 amide bonds. The van der Waals surface area contributed by atoms with E-state index in [1.807, 2.05) is 13.0 Å². The van der Waals surface area contributed by atoms with Gasteiger partial charge in [0.15, 0.2) is 0 Å². The Balaban J connectivity index is 2.18. The van der Waals surface area contributed by atoms with Crippen molar-refractivity contribution in [1.82, 2.24) is 4.90 Å². The zero-order chi connectivity index (χ0) is 13.8. The quantitative estimate of drug-likeness (QED) is 0.823. The van der Waals surface area contributed by atoms with Gasteiger partial charge in [0.1, 0.15) is 5.75 Å². The minimum atomic E-state index is -0.162. The summed E-state index contributed by atoms with van der Waals surface area (Å²) >= 11 is 0. The molecule has 0 aliphatic carbocycles. The molecule has 4 nitrogen and oxygen atoms in total. The van der Waals surface area contributed by atoms with Crippen molar-refractivity contribution in [2.75, 3.05) is 18.4 Å². The van der Waals surface area contributed by atoms with Crippen molar-refractivity contribution >= 4 is 11.6 Å². The number of hydrogen-bond donors (Lipinski definition) is 2. The van der Waals surface area contributed by atoms with Crippen LogP contribution in [-0.4, -0.2) is 29.0 Å². The number of hydrogen-bond acceptors (Lipinski definition) is 3. The van der Waals surface area contributed by atoms with Crippen LogP contribution in [0.5, 0.6) is 5.75 Å². The highest BCUT2D eigenvalue weighted by Crippen LogP contribution is 2.30. The lowest BCUT2D eigenvalue weighted by molar-refractivity contribution is -0.114. The molecule has 104 valence electrons. The molecule has 1 aliphatic heterocycles. The Bertz CT molecular complexity index is 465. The van der Waals surface area contributed by atoms with Crippen LogP contribution in [0.15, 0.2) is 12.1 Å². The number of aromatic hydroxyl groups is 1. The number of benzene rings is 1. The largest absolute Gasteiger partial charge is 0.505 e. The van der Waals surface area contributed by atoms with Crippen LogP contribution in [-0.2, 0) is 11.3 Å². The van der Waals surface area contributed by atoms with Crippen molar-refractivity contribution < 1.29 is 9.90 Å². The number of phenols is 1. The van der Waals surface area contributed by atoms with Crippen molar-refractivity contribution in [3.8, 4) is 5.75 Å². The first-order chi connectivity index (χ1) is 9.06. The van der Waals surface area contributed by atoms with E-state index in [1.165, 1.54) is 26.2 Å². The monoisotopic (exact) mass is 262 g/mol. The van der Waals surface area contributed by atoms with Gasteiger partial charge in [0.05, 0.1) is 5.69 Å². The fourth-order valence-corrected chi connectivity index (χ4v) is 2.62. The third-order valence-corrected chi connectivity index (χ3v) is 3.49. The van der Waals surface area contributed by atoms with Crippen molar-refractivity contribution in [2.45, 2.75) is 39.7 Å². The Hall–Kier alpha value is -1.55. The van der Waals surface area contributed by atoms with Gasteiger partial charge in [-0.3, -0.25) is 9.69 Å². The topological polar surface area (TPSA) is 52.6 Å². The van der Waals surface area contributed by atoms with Crippen molar-refractivity contribution in [3.05, 3.63) is 23.3 Å². The van der Waals surface area contributed by atoms with E-state index in [1.54, 1.807) is 6.07 Å². The second kappa shape index (κ2) is 6.06. The third-order valence-electron chi connectivity index (χ3n) is 3.49. The number of amides is 1. The van der Waals surface area contributed by atoms with Gasteiger partial charge in [-0.25, -0.2) is 0 Å². The molecule has 0 radical (unpaired) electrons. The molecule has 0 atom stereocenters. The first-order valence-corrected chi connectivity index (χ1v) is 6.88. The minimum absolute atomic E-state index is 0.162. The Morgan fingerprint density at radius 3 is 2.63 bits per heavy atom. The van der Waals surface area contributed by atoms with Gasteiger partial charge in [-0.15, -0.1) is 0 Å². The number of rotatable bonds is 3. The zero-order valence-corrected chi connectivity index (χ0v) is 11.7. The fraction of sp³-hybridized carbons (Fsp3) is 0.533. The number of likely N-dealkylation sites (tertiary alicyclic amines) is 1. The van der Waals surface area contributed by atoms with Gasteiger partial charge >= 0.3 is 0 Å². The van der Waals surface area contributed by atoms with Gasteiger partial charge in [-0.2, -0.15) is 0 Å². The molecule has 1 aromatic rings. The molecule has 0 saturated carbocycles. The van der Waals surface area contributed by atoms with E-state index in [-0.39, 0.29) is 11.7 Å². The molecule has 0 spiro atoms. The lowest BCUT2D eigenvalue weighted by Gasteiger charge is -2.27. The van der Waals surface area contributed by atoms with Crippen LogP contribution in [0.3, 0.4) is 0 Å². The van der Waals surface area contributed by atoms with Gasteiger partial charge in [0, 0.05) is 19.0 Å². The minimum Gasteiger partial charge on any atom is -0.505 e. The first-order valence-electron chi connectivity index (χ1n) is 6.88. The SMILES string of the molecule is CC(=O)Nc1cc(C)cc(CN2CCCCC2)c1O. The van der Waals surface area contributed by atoms with E-state index in [4.69, 9.17) is 0 Å². The Morgan fingerprint density at radius 2 is 2.00 bits per heavy atom. The van der Waals surface area contributed by atoms with Crippen LogP contribution >= 0.6 is 0 Å². The summed E-state index contributed by atoms with van der Waals surface area (Å²) in [7, 11) is 0. The summed E-state index contributed by atoms with van der Waals surface area (Å²) in [5.74, 6) is 0.0381. The average Bonchev–Trinajstić information content (AvgIpc) is 2.35. The number of carbonyl (C=O) groups is 1. The van der Waals surface area contributed by atoms with Crippen LogP contribution in [0, 0.1) is 6.92 Å². The van der Waals surface area contributed by atoms with Crippen molar-refractivity contribution in [2.24, 2.45) is 0 Å². The van der Waals surface area contributed by atoms with Crippen LogP contribution < -0.4 is 5.32 Å². The van der Waals surface area contributed by atoms with Crippen molar-refractivity contribution in [1.29, 1.82) is 0 Å². The van der Waals surface area contributed by atoms with Crippen LogP contribution in [0.25, 0.3) is 0 Å². The fourth-order valence-electron chi connectivity index (χ4n) is 2.62. The summed E-state index contributed by atoms with van der Waals surface area (Å²) in [6, 6.07) is 3.80. The molecule has 1 aromatic carbocycles. The smallest absolute Gasteiger partial charge is 0.221 e. The molecular formula is C15H22N2O2. The van der Waals surface area contributed by atoms with Gasteiger partial charge < -0.3 is 10.4 Å². The molecule has 0 unspecified atom stereocenters. The molecule has 1 heterocycles. The molecule has 0 aromatic heterocycles. The zero-order valence-electron chi connectivity index (χ0n) is 11.7. The second-order valence-corrected chi connectivity index (χ2v) is 5.34. The molecule has 1 saturated heterocycles. The maximum absolute atomic E-state index is 11.1. The summed E-state index contributed by atoms with van der Waals surface area (Å²) in [6.07, 6.45) is 3.75. The van der Waals surface area contributed by atoms with Gasteiger partial charge in [-0.1, -0.05) is 12.5 Å². The molecule has 4 heteroatoms. The molecule has 19 heavy (non-hydrogen) atoms. The molecule has 2 N–H and O–H groups in total. The Labute approximate surface area is 114 Å². The molecule has 0 bridgehead atoms. The molecule has 1 aliphatic rings. The number of phenolic OH excluding ortho intramolecular Hbond substituents is 1. The molecular weight excluding hydrogens is 240 g/mol. The lowest BCUT2D eigenvalue weighted by Crippen LogP contribution is -2.29. The number of piperidine rings is 1. The third kappa shape index (κ3) is 3.70. The lowest BCUT2D eigenvalue weighted by atomic mass is 10.1. The van der Waals surface area contributed by atoms with E-state index in [0.29, 0.717) is 5.69 Å². The number of nitrogens with zero attached hydrogens (tertiary/aromatic N) is 1. The van der Waals surface area contributed by atoms with Crippen LogP contribution in [0.1, 0.15) is 37.3 Å². The molecule has 1 fully saturated rings. The van der Waals surface area contributed by atoms with E-state index >= 15 is 0 Å². The van der Waals surface area contributed by atoms with Gasteiger partial charge in [0.2, 0.25) is 5.91 Å². The number of aryl methyl sites for hydroxylation is 1. The van der Waals surface area contributed by atoms with Crippen LogP contribution in [0.4, 0.5) is 5.69 Å². The summed E-state index contributed by atoms with van der Waals surface area (Å²) in [4.78, 5) is 13.5. The maximum atomic E-state index is 11.1. The molecule has 2 rings (SSSR count). The summed E-state index contributed by atoms with van der Waals surface area (Å²) in [5, 5.41) is 12.9. The highest BCUT2D eigenvalue weighted by Gasteiger charge is 2.15. The Kier molecular flexibility index (Phi) is 4.43. The summed E-state index contributed by atoms with van der Waals surface area (Å²) in [5.41, 5.74) is 2.46. The predicted molar refractivity (Wildman–Crippen MR) is 76.3 cm³/mol. The Morgan fingerprint density at radius 1 is 1.32 bits per heavy atom. The van der Waals surface area contributed by atoms with Gasteiger partial charge in [-0.05, 0) is 44.5 Å². The van der Waals surface area contributed by atoms with E-state index < -0.39 is 0 Å². The van der Waals surface area contributed by atoms with Crippen LogP contribution in [0.2, 0.25) is 0 Å². The normalized spacial score (nSPS) is 16.3. The standard InChI is InChI=1S/C15H22N2O2/c1-11-8-13(10-17-6-4-3-5-7-17)15(19)14(9-11)16-12(2)18/h8-9,19H,3-7,10H2,1-2H3,(H,16,18). The summed E-state index contributed by atoms with van der Waals surface area (Å²) < 4.78 is 0. The first kappa shape index (κ1) is 13.9. The van der Waals surface area contributed by atoms with Gasteiger partial charge in [0.25, 0.3) is 0 Å². The van der Waals surface area contributed by atoms with E-state index in [0.717, 1.165) is 30.8 Å². The summed E-state index contributed by atoms with van der Waals surface area (Å²) in [6.45, 7) is 6.35. The average molecular weight is 262 g/mol. The highest BCUT2D eigenvalue weighted by atomic mass is 16.3. The predicted octanol–water partition coefficient (Wildman–Crippen LogP) is 2.64. The second-order valence-electron chi connectivity index (χ2n) is 5.34.